The van der Waals surface area contributed by atoms with E-state index in [2.05, 4.69) is 31.3 Å². The quantitative estimate of drug-likeness (QED) is 0.660. The van der Waals surface area contributed by atoms with Crippen molar-refractivity contribution in [1.82, 2.24) is 10.2 Å². The Balaban J connectivity index is 0.00000320. The predicted molar refractivity (Wildman–Crippen MR) is 118 cm³/mol. The Morgan fingerprint density at radius 3 is 2.03 bits per heavy atom. The van der Waals surface area contributed by atoms with Gasteiger partial charge >= 0.3 is 0 Å². The molecule has 0 aliphatic carbocycles. The highest BCUT2D eigenvalue weighted by molar-refractivity contribution is 6.01. The fourth-order valence-corrected chi connectivity index (χ4v) is 3.29. The fourth-order valence-electron chi connectivity index (χ4n) is 3.29. The highest BCUT2D eigenvalue weighted by Crippen LogP contribution is 2.18. The first kappa shape index (κ1) is 23.6. The van der Waals surface area contributed by atoms with Crippen LogP contribution in [-0.4, -0.2) is 29.2 Å². The first-order chi connectivity index (χ1) is 13.8. The summed E-state index contributed by atoms with van der Waals surface area (Å²) in [5, 5.41) is 2.86. The molecule has 1 fully saturated rings. The van der Waals surface area contributed by atoms with Gasteiger partial charge in [0, 0.05) is 31.0 Å². The topological polar surface area (TPSA) is 92.5 Å². The van der Waals surface area contributed by atoms with E-state index in [0.717, 1.165) is 11.1 Å². The van der Waals surface area contributed by atoms with Gasteiger partial charge in [0.2, 0.25) is 11.8 Å². The van der Waals surface area contributed by atoms with Crippen LogP contribution in [-0.2, 0) is 16.1 Å². The van der Waals surface area contributed by atoms with Crippen molar-refractivity contribution in [1.29, 1.82) is 0 Å². The maximum atomic E-state index is 12.4. The first-order valence-electron chi connectivity index (χ1n) is 9.91. The smallest absolute Gasteiger partial charge is 0.251 e. The van der Waals surface area contributed by atoms with Gasteiger partial charge in [-0.2, -0.15) is 0 Å². The molecule has 1 saturated heterocycles. The molecule has 30 heavy (non-hydrogen) atoms. The standard InChI is InChI=1S/C23H27N3O3.ClH/c1-15(2)17-7-9-18(10-8-17)20(24)13-25-23(29)19-5-3-16(4-6-19)14-26-21(27)11-12-22(26)28;/h3-10,15,20H,11-14,24H2,1-2H3,(H,25,29);1H. The SMILES string of the molecule is CC(C)c1ccc(C(N)CNC(=O)c2ccc(CN3C(=O)CCC3=O)cc2)cc1.Cl. The van der Waals surface area contributed by atoms with Crippen molar-refractivity contribution in [2.24, 2.45) is 5.73 Å². The molecule has 2 aromatic carbocycles. The van der Waals surface area contributed by atoms with Gasteiger partial charge in [0.25, 0.3) is 5.91 Å². The maximum Gasteiger partial charge on any atom is 0.251 e. The summed E-state index contributed by atoms with van der Waals surface area (Å²) in [5.74, 6) is -0.0387. The zero-order valence-electron chi connectivity index (χ0n) is 17.3. The summed E-state index contributed by atoms with van der Waals surface area (Å²) in [6.07, 6.45) is 0.555. The van der Waals surface area contributed by atoms with Gasteiger partial charge in [0.1, 0.15) is 0 Å². The molecule has 0 radical (unpaired) electrons. The maximum absolute atomic E-state index is 12.4. The molecule has 1 aliphatic rings. The number of benzene rings is 2. The van der Waals surface area contributed by atoms with E-state index < -0.39 is 0 Å². The summed E-state index contributed by atoms with van der Waals surface area (Å²) < 4.78 is 0. The van der Waals surface area contributed by atoms with E-state index in [1.54, 1.807) is 24.3 Å². The molecule has 0 saturated carbocycles. The predicted octanol–water partition coefficient (Wildman–Crippen LogP) is 3.31. The van der Waals surface area contributed by atoms with Crippen LogP contribution in [0.4, 0.5) is 0 Å². The van der Waals surface area contributed by atoms with Crippen LogP contribution in [0.1, 0.15) is 65.7 Å². The van der Waals surface area contributed by atoms with Crippen LogP contribution in [0, 0.1) is 0 Å². The van der Waals surface area contributed by atoms with Gasteiger partial charge in [-0.1, -0.05) is 50.2 Å². The molecule has 0 spiro atoms. The van der Waals surface area contributed by atoms with Crippen molar-refractivity contribution < 1.29 is 14.4 Å². The van der Waals surface area contributed by atoms with E-state index in [-0.39, 0.29) is 55.6 Å². The molecule has 1 heterocycles. The number of imide groups is 1. The van der Waals surface area contributed by atoms with Crippen LogP contribution >= 0.6 is 12.4 Å². The molecule has 0 aromatic heterocycles. The van der Waals surface area contributed by atoms with E-state index in [1.165, 1.54) is 10.5 Å². The number of hydrogen-bond donors (Lipinski definition) is 2. The number of nitrogens with two attached hydrogens (primary N) is 1. The lowest BCUT2D eigenvalue weighted by molar-refractivity contribution is -0.139. The zero-order valence-corrected chi connectivity index (χ0v) is 18.1. The van der Waals surface area contributed by atoms with Crippen LogP contribution in [0.2, 0.25) is 0 Å². The lowest BCUT2D eigenvalue weighted by Gasteiger charge is -2.15. The van der Waals surface area contributed by atoms with Gasteiger partial charge in [-0.15, -0.1) is 12.4 Å². The van der Waals surface area contributed by atoms with Gasteiger partial charge in [0.05, 0.1) is 6.54 Å². The third-order valence-electron chi connectivity index (χ3n) is 5.23. The number of hydrogen-bond acceptors (Lipinski definition) is 4. The van der Waals surface area contributed by atoms with Crippen molar-refractivity contribution in [3.8, 4) is 0 Å². The summed E-state index contributed by atoms with van der Waals surface area (Å²) in [6.45, 7) is 4.86. The number of carbonyl (C=O) groups excluding carboxylic acids is 3. The lowest BCUT2D eigenvalue weighted by atomic mass is 9.99. The molecular formula is C23H28ClN3O3. The number of nitrogens with one attached hydrogen (secondary N) is 1. The molecular weight excluding hydrogens is 402 g/mol. The van der Waals surface area contributed by atoms with Crippen molar-refractivity contribution in [2.45, 2.75) is 45.2 Å². The third kappa shape index (κ3) is 5.68. The molecule has 160 valence electrons. The number of likely N-dealkylation sites (tertiary alicyclic amines) is 1. The Morgan fingerprint density at radius 2 is 1.50 bits per heavy atom. The second-order valence-corrected chi connectivity index (χ2v) is 7.71. The van der Waals surface area contributed by atoms with Gasteiger partial charge < -0.3 is 11.1 Å². The zero-order chi connectivity index (χ0) is 21.0. The first-order valence-corrected chi connectivity index (χ1v) is 9.91. The molecule has 6 nitrogen and oxygen atoms in total. The number of nitrogens with zero attached hydrogens (tertiary/aromatic N) is 1. The minimum absolute atomic E-state index is 0. The molecule has 1 atom stereocenters. The Kier molecular flexibility index (Phi) is 8.15. The summed E-state index contributed by atoms with van der Waals surface area (Å²) >= 11 is 0. The number of halogens is 1. The number of carbonyl (C=O) groups is 3. The number of rotatable bonds is 7. The molecule has 3 amide bonds. The van der Waals surface area contributed by atoms with Crippen LogP contribution in [0.15, 0.2) is 48.5 Å². The van der Waals surface area contributed by atoms with E-state index in [9.17, 15) is 14.4 Å². The van der Waals surface area contributed by atoms with Crippen molar-refractivity contribution >= 4 is 30.1 Å². The Hall–Kier alpha value is -2.70. The molecule has 3 rings (SSSR count). The minimum atomic E-state index is -0.286. The minimum Gasteiger partial charge on any atom is -0.350 e. The highest BCUT2D eigenvalue weighted by Gasteiger charge is 2.28. The van der Waals surface area contributed by atoms with Crippen LogP contribution in [0.25, 0.3) is 0 Å². The lowest BCUT2D eigenvalue weighted by Crippen LogP contribution is -2.32. The van der Waals surface area contributed by atoms with Gasteiger partial charge in [-0.25, -0.2) is 0 Å². The van der Waals surface area contributed by atoms with Crippen molar-refractivity contribution in [3.05, 3.63) is 70.8 Å². The average Bonchev–Trinajstić information content (AvgIpc) is 3.04. The molecule has 2 aromatic rings. The molecule has 3 N–H and O–H groups in total. The van der Waals surface area contributed by atoms with Crippen LogP contribution in [0.3, 0.4) is 0 Å². The third-order valence-corrected chi connectivity index (χ3v) is 5.23. The second-order valence-electron chi connectivity index (χ2n) is 7.71. The normalized spacial score (nSPS) is 14.6. The van der Waals surface area contributed by atoms with Gasteiger partial charge in [-0.3, -0.25) is 19.3 Å². The van der Waals surface area contributed by atoms with Crippen LogP contribution < -0.4 is 11.1 Å². The average molecular weight is 430 g/mol. The second kappa shape index (κ2) is 10.4. The number of amides is 3. The summed E-state index contributed by atoms with van der Waals surface area (Å²) in [6, 6.07) is 14.8. The van der Waals surface area contributed by atoms with E-state index in [4.69, 9.17) is 5.73 Å². The van der Waals surface area contributed by atoms with Crippen molar-refractivity contribution in [2.75, 3.05) is 6.54 Å². The van der Waals surface area contributed by atoms with E-state index >= 15 is 0 Å². The van der Waals surface area contributed by atoms with E-state index in [1.807, 2.05) is 12.1 Å². The fraction of sp³-hybridized carbons (Fsp3) is 0.348. The monoisotopic (exact) mass is 429 g/mol. The van der Waals surface area contributed by atoms with Gasteiger partial charge in [0.15, 0.2) is 0 Å². The highest BCUT2D eigenvalue weighted by atomic mass is 35.5. The summed E-state index contributed by atoms with van der Waals surface area (Å²) in [4.78, 5) is 37.1. The Labute approximate surface area is 183 Å². The summed E-state index contributed by atoms with van der Waals surface area (Å²) in [7, 11) is 0. The largest absolute Gasteiger partial charge is 0.350 e. The molecule has 7 heteroatoms. The Bertz CT molecular complexity index is 879. The molecule has 1 aliphatic heterocycles. The Morgan fingerprint density at radius 1 is 0.967 bits per heavy atom. The van der Waals surface area contributed by atoms with Crippen LogP contribution in [0.5, 0.6) is 0 Å². The van der Waals surface area contributed by atoms with E-state index in [0.29, 0.717) is 18.0 Å². The van der Waals surface area contributed by atoms with Crippen molar-refractivity contribution in [3.63, 3.8) is 0 Å². The molecule has 1 unspecified atom stereocenters. The summed E-state index contributed by atoms with van der Waals surface area (Å²) in [5.41, 5.74) is 9.76. The molecule has 0 bridgehead atoms. The van der Waals surface area contributed by atoms with Gasteiger partial charge in [-0.05, 0) is 34.7 Å².